The normalized spacial score (nSPS) is 17.0. The summed E-state index contributed by atoms with van der Waals surface area (Å²) in [5.74, 6) is -0.409. The molecule has 1 aliphatic heterocycles. The van der Waals surface area contributed by atoms with E-state index in [9.17, 15) is 22.0 Å². The van der Waals surface area contributed by atoms with Crippen molar-refractivity contribution in [3.63, 3.8) is 0 Å². The second kappa shape index (κ2) is 9.65. The van der Waals surface area contributed by atoms with Gasteiger partial charge in [-0.25, -0.2) is 18.1 Å². The van der Waals surface area contributed by atoms with E-state index in [1.165, 1.54) is 18.3 Å². The Labute approximate surface area is 194 Å². The molecule has 1 amide bonds. The first-order chi connectivity index (χ1) is 15.8. The van der Waals surface area contributed by atoms with Crippen molar-refractivity contribution >= 4 is 27.3 Å². The summed E-state index contributed by atoms with van der Waals surface area (Å²) >= 11 is 1.52. The molecule has 3 aromatic rings. The Morgan fingerprint density at radius 2 is 2.06 bits per heavy atom. The molecule has 0 aliphatic carbocycles. The van der Waals surface area contributed by atoms with Crippen LogP contribution in [0, 0.1) is 6.92 Å². The van der Waals surface area contributed by atoms with Crippen LogP contribution in [0.2, 0.25) is 0 Å². The van der Waals surface area contributed by atoms with Crippen molar-refractivity contribution in [1.29, 1.82) is 0 Å². The molecule has 176 valence electrons. The topological polar surface area (TPSA) is 97.2 Å². The van der Waals surface area contributed by atoms with Gasteiger partial charge in [0.2, 0.25) is 15.9 Å². The van der Waals surface area contributed by atoms with Crippen molar-refractivity contribution in [2.45, 2.75) is 43.7 Å². The van der Waals surface area contributed by atoms with Crippen LogP contribution in [-0.2, 0) is 21.2 Å². The van der Waals surface area contributed by atoms with Gasteiger partial charge in [-0.1, -0.05) is 30.3 Å². The maximum Gasteiger partial charge on any atom is 0.333 e. The third-order valence-electron chi connectivity index (χ3n) is 5.53. The lowest BCUT2D eigenvalue weighted by Crippen LogP contribution is -2.46. The molecule has 8 nitrogen and oxygen atoms in total. The summed E-state index contributed by atoms with van der Waals surface area (Å²) in [5, 5.41) is 9.10. The van der Waals surface area contributed by atoms with Gasteiger partial charge in [-0.05, 0) is 19.8 Å². The van der Waals surface area contributed by atoms with Gasteiger partial charge in [0.1, 0.15) is 15.9 Å². The molecule has 2 aromatic heterocycles. The Hall–Kier alpha value is -2.70. The van der Waals surface area contributed by atoms with E-state index in [0.717, 1.165) is 26.8 Å². The van der Waals surface area contributed by atoms with Crippen molar-refractivity contribution in [2.75, 3.05) is 13.1 Å². The number of alkyl halides is 2. The fourth-order valence-electron chi connectivity index (χ4n) is 3.84. The first-order valence-electron chi connectivity index (χ1n) is 10.4. The summed E-state index contributed by atoms with van der Waals surface area (Å²) in [6, 6.07) is 8.89. The average molecular weight is 496 g/mol. The Bertz CT molecular complexity index is 1230. The number of thiazole rings is 1. The average Bonchev–Trinajstić information content (AvgIpc) is 3.54. The molecule has 1 N–H and O–H groups in total. The Morgan fingerprint density at radius 3 is 2.76 bits per heavy atom. The van der Waals surface area contributed by atoms with E-state index in [0.29, 0.717) is 30.5 Å². The summed E-state index contributed by atoms with van der Waals surface area (Å²) in [6.45, 7) is -1.22. The van der Waals surface area contributed by atoms with Crippen LogP contribution in [-0.4, -0.2) is 52.5 Å². The maximum atomic E-state index is 13.1. The molecule has 1 unspecified atom stereocenters. The lowest BCUT2D eigenvalue weighted by molar-refractivity contribution is -0.124. The highest BCUT2D eigenvalue weighted by Crippen LogP contribution is 2.29. The lowest BCUT2D eigenvalue weighted by Gasteiger charge is -2.23. The molecule has 4 rings (SSSR count). The zero-order chi connectivity index (χ0) is 23.6. The summed E-state index contributed by atoms with van der Waals surface area (Å²) < 4.78 is 53.6. The zero-order valence-corrected chi connectivity index (χ0v) is 19.5. The molecule has 33 heavy (non-hydrogen) atoms. The molecular weight excluding hydrogens is 472 g/mol. The van der Waals surface area contributed by atoms with Crippen LogP contribution in [0.5, 0.6) is 0 Å². The number of nitrogens with zero attached hydrogens (tertiary/aromatic N) is 4. The Morgan fingerprint density at radius 1 is 1.30 bits per heavy atom. The number of hydrogen-bond acceptors (Lipinski definition) is 6. The number of amides is 1. The van der Waals surface area contributed by atoms with E-state index in [1.54, 1.807) is 0 Å². The van der Waals surface area contributed by atoms with Crippen molar-refractivity contribution in [1.82, 2.24) is 24.4 Å². The number of aromatic nitrogens is 3. The number of halogens is 2. The minimum absolute atomic E-state index is 0.145. The highest BCUT2D eigenvalue weighted by Gasteiger charge is 2.41. The molecule has 12 heteroatoms. The van der Waals surface area contributed by atoms with Gasteiger partial charge in [-0.2, -0.15) is 18.2 Å². The SMILES string of the molecule is Cc1c(S(=O)(=O)N2CCCC2C(=O)NCCc2csc(-c3ccccc3)n2)cnn1C(F)F. The van der Waals surface area contributed by atoms with Crippen LogP contribution in [0.3, 0.4) is 0 Å². The quantitative estimate of drug-likeness (QED) is 0.518. The molecule has 0 bridgehead atoms. The fraction of sp³-hybridized carbons (Fsp3) is 0.381. The Balaban J connectivity index is 1.39. The summed E-state index contributed by atoms with van der Waals surface area (Å²) in [5.41, 5.74) is 1.70. The third kappa shape index (κ3) is 4.82. The highest BCUT2D eigenvalue weighted by molar-refractivity contribution is 7.89. The first kappa shape index (κ1) is 23.5. The second-order valence-electron chi connectivity index (χ2n) is 7.64. The fourth-order valence-corrected chi connectivity index (χ4v) is 6.51. The van der Waals surface area contributed by atoms with Gasteiger partial charge in [0.15, 0.2) is 0 Å². The smallest absolute Gasteiger partial charge is 0.333 e. The molecule has 1 saturated heterocycles. The van der Waals surface area contributed by atoms with Gasteiger partial charge in [0, 0.05) is 30.5 Å². The van der Waals surface area contributed by atoms with Gasteiger partial charge >= 0.3 is 6.55 Å². The number of carbonyl (C=O) groups is 1. The first-order valence-corrected chi connectivity index (χ1v) is 12.7. The van der Waals surface area contributed by atoms with E-state index in [1.807, 2.05) is 35.7 Å². The third-order valence-corrected chi connectivity index (χ3v) is 8.48. The molecule has 0 spiro atoms. The van der Waals surface area contributed by atoms with E-state index >= 15 is 0 Å². The van der Waals surface area contributed by atoms with Crippen LogP contribution in [0.4, 0.5) is 8.78 Å². The van der Waals surface area contributed by atoms with Crippen LogP contribution < -0.4 is 5.32 Å². The second-order valence-corrected chi connectivity index (χ2v) is 10.4. The van der Waals surface area contributed by atoms with Gasteiger partial charge < -0.3 is 5.32 Å². The van der Waals surface area contributed by atoms with Crippen molar-refractivity contribution < 1.29 is 22.0 Å². The minimum atomic E-state index is -4.14. The standard InChI is InChI=1S/C21H23F2N5O3S2/c1-14-18(12-25-28(14)21(22)23)33(30,31)27-11-5-8-17(27)19(29)24-10-9-16-13-32-20(26-16)15-6-3-2-4-7-15/h2-4,6-7,12-13,17,21H,5,8-11H2,1H3,(H,24,29). The summed E-state index contributed by atoms with van der Waals surface area (Å²) in [4.78, 5) is 17.1. The molecule has 1 atom stereocenters. The predicted octanol–water partition coefficient (Wildman–Crippen LogP) is 3.22. The number of sulfonamides is 1. The van der Waals surface area contributed by atoms with Crippen molar-refractivity contribution in [2.24, 2.45) is 0 Å². The monoisotopic (exact) mass is 495 g/mol. The zero-order valence-electron chi connectivity index (χ0n) is 17.8. The molecule has 0 saturated carbocycles. The van der Waals surface area contributed by atoms with Crippen LogP contribution in [0.15, 0.2) is 46.8 Å². The number of carbonyl (C=O) groups excluding carboxylic acids is 1. The minimum Gasteiger partial charge on any atom is -0.354 e. The molecular formula is C21H23F2N5O3S2. The molecule has 3 heterocycles. The highest BCUT2D eigenvalue weighted by atomic mass is 32.2. The summed E-state index contributed by atoms with van der Waals surface area (Å²) in [7, 11) is -4.14. The van der Waals surface area contributed by atoms with Gasteiger partial charge in [-0.15, -0.1) is 11.3 Å². The Kier molecular flexibility index (Phi) is 6.86. The van der Waals surface area contributed by atoms with E-state index < -0.39 is 28.5 Å². The largest absolute Gasteiger partial charge is 0.354 e. The predicted molar refractivity (Wildman–Crippen MR) is 119 cm³/mol. The van der Waals surface area contributed by atoms with E-state index in [-0.39, 0.29) is 17.1 Å². The van der Waals surface area contributed by atoms with Gasteiger partial charge in [0.25, 0.3) is 0 Å². The maximum absolute atomic E-state index is 13.1. The van der Waals surface area contributed by atoms with Crippen molar-refractivity contribution in [3.05, 3.63) is 53.3 Å². The van der Waals surface area contributed by atoms with E-state index in [2.05, 4.69) is 15.4 Å². The number of hydrogen-bond donors (Lipinski definition) is 1. The summed E-state index contributed by atoms with van der Waals surface area (Å²) in [6.07, 6.45) is 2.29. The molecule has 1 aliphatic rings. The lowest BCUT2D eigenvalue weighted by atomic mass is 10.2. The van der Waals surface area contributed by atoms with Gasteiger partial charge in [0.05, 0.1) is 17.6 Å². The van der Waals surface area contributed by atoms with Crippen LogP contribution in [0.25, 0.3) is 10.6 Å². The molecule has 0 radical (unpaired) electrons. The number of benzene rings is 1. The van der Waals surface area contributed by atoms with E-state index in [4.69, 9.17) is 0 Å². The molecule has 1 aromatic carbocycles. The molecule has 1 fully saturated rings. The van der Waals surface area contributed by atoms with Crippen LogP contribution in [0.1, 0.15) is 30.8 Å². The van der Waals surface area contributed by atoms with Crippen LogP contribution >= 0.6 is 11.3 Å². The van der Waals surface area contributed by atoms with Gasteiger partial charge in [-0.3, -0.25) is 4.79 Å². The number of rotatable bonds is 8. The van der Waals surface area contributed by atoms with Crippen molar-refractivity contribution in [3.8, 4) is 10.6 Å². The number of nitrogens with one attached hydrogen (secondary N) is 1.